The van der Waals surface area contributed by atoms with Gasteiger partial charge in [0, 0.05) is 173 Å². The molecular weight excluding hydrogens is 1140 g/mol. The molecule has 22 nitrogen and oxygen atoms in total. The van der Waals surface area contributed by atoms with Gasteiger partial charge in [0.1, 0.15) is 0 Å². The molecule has 2 N–H and O–H groups in total. The lowest BCUT2D eigenvalue weighted by molar-refractivity contribution is -0.137. The first-order valence-electron chi connectivity index (χ1n) is 30.0. The van der Waals surface area contributed by atoms with Gasteiger partial charge in [0.05, 0.1) is 90.7 Å². The van der Waals surface area contributed by atoms with E-state index < -0.39 is 23.5 Å². The van der Waals surface area contributed by atoms with E-state index in [2.05, 4.69) is 30.4 Å². The minimum Gasteiger partial charge on any atom is -0.378 e. The number of urea groups is 2. The van der Waals surface area contributed by atoms with Gasteiger partial charge in [-0.2, -0.15) is 46.7 Å². The van der Waals surface area contributed by atoms with Crippen molar-refractivity contribution in [3.8, 4) is 22.3 Å². The summed E-state index contributed by atoms with van der Waals surface area (Å²) in [4.78, 5) is 56.2. The van der Waals surface area contributed by atoms with Gasteiger partial charge in [-0.15, -0.1) is 0 Å². The number of piperidine rings is 2. The molecule has 3 saturated heterocycles. The lowest BCUT2D eigenvalue weighted by atomic mass is 9.97. The average molecular weight is 1210 g/mol. The van der Waals surface area contributed by atoms with Gasteiger partial charge in [-0.3, -0.25) is 28.4 Å². The highest BCUT2D eigenvalue weighted by atomic mass is 19.4. The van der Waals surface area contributed by atoms with Crippen molar-refractivity contribution in [2.75, 3.05) is 126 Å². The molecule has 0 bridgehead atoms. The smallest absolute Gasteiger partial charge is 0.378 e. The zero-order valence-electron chi connectivity index (χ0n) is 49.5. The molecule has 6 aromatic rings. The van der Waals surface area contributed by atoms with Crippen molar-refractivity contribution in [2.24, 2.45) is 14.1 Å². The number of fused-ring (bicyclic) bond motifs is 4. The van der Waals surface area contributed by atoms with Crippen LogP contribution in [0.15, 0.2) is 49.1 Å². The number of likely N-dealkylation sites (N-methyl/N-ethyl adjacent to an activating group) is 1. The number of rotatable bonds is 10. The molecule has 5 amide bonds. The number of likely N-dealkylation sites (tertiary alicyclic amines) is 2. The van der Waals surface area contributed by atoms with Crippen molar-refractivity contribution >= 4 is 52.4 Å². The van der Waals surface area contributed by atoms with E-state index in [1.54, 1.807) is 62.5 Å². The van der Waals surface area contributed by atoms with Crippen molar-refractivity contribution in [1.82, 2.24) is 69.4 Å². The number of aryl methyl sites for hydroxylation is 2. The fourth-order valence-corrected chi connectivity index (χ4v) is 14.1. The van der Waals surface area contributed by atoms with E-state index in [9.17, 15) is 14.4 Å². The number of ether oxygens (including phenoxy) is 1. The Morgan fingerprint density at radius 3 is 1.52 bits per heavy atom. The number of nitrogens with one attached hydrogen (secondary N) is 2. The van der Waals surface area contributed by atoms with E-state index in [0.717, 1.165) is 61.7 Å². The number of amides is 5. The molecule has 13 rings (SSSR count). The molecule has 2 aromatic carbocycles. The van der Waals surface area contributed by atoms with Crippen LogP contribution in [0.25, 0.3) is 22.3 Å². The largest absolute Gasteiger partial charge is 0.417 e. The Bertz CT molecular complexity index is 3610. The normalized spacial score (nSPS) is 19.0. The second-order valence-electron chi connectivity index (χ2n) is 23.9. The van der Waals surface area contributed by atoms with Crippen LogP contribution >= 0.6 is 0 Å². The highest BCUT2D eigenvalue weighted by Gasteiger charge is 2.43. The van der Waals surface area contributed by atoms with Crippen LogP contribution in [0.2, 0.25) is 0 Å². The van der Waals surface area contributed by atoms with E-state index in [4.69, 9.17) is 14.9 Å². The first-order valence-corrected chi connectivity index (χ1v) is 30.0. The molecule has 464 valence electrons. The Morgan fingerprint density at radius 2 is 1.06 bits per heavy atom. The van der Waals surface area contributed by atoms with Crippen LogP contribution in [0.3, 0.4) is 0 Å². The number of anilines is 6. The summed E-state index contributed by atoms with van der Waals surface area (Å²) in [5.74, 6) is 0.891. The quantitative estimate of drug-likeness (QED) is 0.132. The molecule has 28 heteroatoms. The number of aromatic nitrogens is 8. The standard InChI is InChI=1S/C59H72F6N18O4/c1-66-56(85)78-17-10-47-43(32-78)54(80-22-20-72(3)49-24-41(36-28-68-73(4)30-36)45(26-51(49)80)58(60,61)62)70-83(47)39-8-15-77(16-9-39)53(84)12-19-76-21-23-81(52-27-46(59(63,64)65)42(25-50(52)76)37-29-69-74(5)31-37)55-44-33-79(57(86)67-2)18-11-48(44)82(71-55)38-6-13-75(14-7-38)40-34-87-35-40/h24-31,38-40H,6-23,32-35H2,1-5H3,(H,66,85)(H,67,86). The first kappa shape index (κ1) is 58.0. The summed E-state index contributed by atoms with van der Waals surface area (Å²) in [7, 11) is 8.30. The molecule has 3 fully saturated rings. The van der Waals surface area contributed by atoms with Crippen molar-refractivity contribution in [1.29, 1.82) is 0 Å². The van der Waals surface area contributed by atoms with Crippen LogP contribution in [0.1, 0.15) is 77.8 Å². The topological polar surface area (TPSA) is 182 Å². The van der Waals surface area contributed by atoms with Crippen LogP contribution in [-0.4, -0.2) is 189 Å². The van der Waals surface area contributed by atoms with Crippen LogP contribution in [-0.2, 0) is 61.9 Å². The highest BCUT2D eigenvalue weighted by Crippen LogP contribution is 2.50. The lowest BCUT2D eigenvalue weighted by Crippen LogP contribution is -2.52. The Kier molecular flexibility index (Phi) is 15.1. The second kappa shape index (κ2) is 22.6. The predicted molar refractivity (Wildman–Crippen MR) is 312 cm³/mol. The zero-order valence-corrected chi connectivity index (χ0v) is 49.5. The van der Waals surface area contributed by atoms with Crippen molar-refractivity contribution in [3.05, 3.63) is 82.7 Å². The van der Waals surface area contributed by atoms with Gasteiger partial charge in [0.15, 0.2) is 11.6 Å². The summed E-state index contributed by atoms with van der Waals surface area (Å²) in [5, 5.41) is 24.4. The minimum atomic E-state index is -4.75. The third kappa shape index (κ3) is 10.7. The molecule has 7 aliphatic rings. The highest BCUT2D eigenvalue weighted by molar-refractivity contribution is 5.88. The molecule has 0 aliphatic carbocycles. The fourth-order valence-electron chi connectivity index (χ4n) is 14.1. The van der Waals surface area contributed by atoms with Crippen LogP contribution in [0.4, 0.5) is 70.3 Å². The van der Waals surface area contributed by atoms with Gasteiger partial charge in [-0.25, -0.2) is 9.59 Å². The average Bonchev–Trinajstić information content (AvgIpc) is 2.01. The van der Waals surface area contributed by atoms with Gasteiger partial charge in [-0.1, -0.05) is 0 Å². The molecule has 0 saturated carbocycles. The molecular formula is C59H72F6N18O4. The van der Waals surface area contributed by atoms with E-state index >= 15 is 26.3 Å². The number of hydrogen-bond acceptors (Lipinski definition) is 13. The summed E-state index contributed by atoms with van der Waals surface area (Å²) in [6.07, 6.45) is 0.329. The second-order valence-corrected chi connectivity index (χ2v) is 23.9. The third-order valence-electron chi connectivity index (χ3n) is 18.8. The van der Waals surface area contributed by atoms with Crippen LogP contribution < -0.4 is 30.2 Å². The van der Waals surface area contributed by atoms with Gasteiger partial charge < -0.3 is 49.7 Å². The molecule has 4 aromatic heterocycles. The van der Waals surface area contributed by atoms with Gasteiger partial charge >= 0.3 is 24.4 Å². The Hall–Kier alpha value is -8.01. The molecule has 0 atom stereocenters. The van der Waals surface area contributed by atoms with Gasteiger partial charge in [0.2, 0.25) is 5.91 Å². The number of halogens is 6. The number of hydrogen-bond donors (Lipinski definition) is 2. The van der Waals surface area contributed by atoms with E-state index in [1.807, 2.05) is 36.2 Å². The Morgan fingerprint density at radius 1 is 0.575 bits per heavy atom. The van der Waals surface area contributed by atoms with Crippen LogP contribution in [0.5, 0.6) is 0 Å². The number of nitrogens with zero attached hydrogens (tertiary/aromatic N) is 16. The third-order valence-corrected chi connectivity index (χ3v) is 18.8. The predicted octanol–water partition coefficient (Wildman–Crippen LogP) is 7.15. The van der Waals surface area contributed by atoms with Crippen molar-refractivity contribution in [2.45, 2.75) is 88.5 Å². The SMILES string of the molecule is CNC(=O)N1CCc2c(c(N3CCN(C)c4cc(-c5cnn(C)c5)c(C(F)(F)F)cc43)nn2C2CCN(C(=O)CCN3CCN(c4nn(C5CCN(C6COC6)CC5)c5c4CN(C(=O)NC)CC5)c4cc(C(F)(F)F)c(-c5cnn(C)c5)cc43)CC2)C1. The number of carbonyl (C=O) groups excluding carboxylic acids is 3. The zero-order chi connectivity index (χ0) is 60.8. The van der Waals surface area contributed by atoms with Gasteiger partial charge in [0.25, 0.3) is 0 Å². The van der Waals surface area contributed by atoms with E-state index in [1.165, 1.54) is 33.9 Å². The summed E-state index contributed by atoms with van der Waals surface area (Å²) in [5.41, 5.74) is 4.16. The minimum absolute atomic E-state index is 0.0153. The lowest BCUT2D eigenvalue weighted by Gasteiger charge is -2.41. The van der Waals surface area contributed by atoms with Crippen molar-refractivity contribution < 1.29 is 45.5 Å². The Balaban J connectivity index is 0.775. The number of carbonyl (C=O) groups is 3. The monoisotopic (exact) mass is 1210 g/mol. The molecule has 7 aliphatic heterocycles. The maximum absolute atomic E-state index is 15.5. The number of benzene rings is 2. The molecule has 0 radical (unpaired) electrons. The maximum Gasteiger partial charge on any atom is 0.417 e. The Labute approximate surface area is 499 Å². The summed E-state index contributed by atoms with van der Waals surface area (Å²) in [6.45, 7) is 6.88. The summed E-state index contributed by atoms with van der Waals surface area (Å²) < 4.78 is 104. The van der Waals surface area contributed by atoms with Crippen molar-refractivity contribution in [3.63, 3.8) is 0 Å². The maximum atomic E-state index is 15.5. The molecule has 0 unspecified atom stereocenters. The molecule has 11 heterocycles. The number of alkyl halides is 6. The van der Waals surface area contributed by atoms with Gasteiger partial charge in [-0.05, 0) is 61.1 Å². The van der Waals surface area contributed by atoms with Crippen LogP contribution in [0, 0.1) is 0 Å². The van der Waals surface area contributed by atoms with E-state index in [0.29, 0.717) is 123 Å². The van der Waals surface area contributed by atoms with E-state index in [-0.39, 0.29) is 73.8 Å². The molecule has 0 spiro atoms. The summed E-state index contributed by atoms with van der Waals surface area (Å²) >= 11 is 0. The fraction of sp³-hybridized carbons (Fsp3) is 0.542. The first-order chi connectivity index (χ1) is 41.7. The molecule has 87 heavy (non-hydrogen) atoms. The summed E-state index contributed by atoms with van der Waals surface area (Å²) in [6, 6.07) is 5.30.